The van der Waals surface area contributed by atoms with Crippen molar-refractivity contribution >= 4 is 0 Å². The lowest BCUT2D eigenvalue weighted by molar-refractivity contribution is 0.319. The van der Waals surface area contributed by atoms with Crippen molar-refractivity contribution in [2.24, 2.45) is 5.11 Å². The first-order chi connectivity index (χ1) is 7.63. The van der Waals surface area contributed by atoms with Crippen LogP contribution in [-0.4, -0.2) is 43.2 Å². The van der Waals surface area contributed by atoms with E-state index in [9.17, 15) is 5.26 Å². The zero-order chi connectivity index (χ0) is 12.0. The summed E-state index contributed by atoms with van der Waals surface area (Å²) in [5, 5.41) is 16.0. The van der Waals surface area contributed by atoms with Crippen molar-refractivity contribution in [2.75, 3.05) is 26.7 Å². The molecule has 0 aliphatic carbocycles. The molecular weight excluding hydrogens is 204 g/mol. The van der Waals surface area contributed by atoms with Crippen LogP contribution in [0, 0.1) is 11.3 Å². The van der Waals surface area contributed by atoms with Crippen molar-refractivity contribution in [1.82, 2.24) is 10.2 Å². The number of nitriles is 1. The predicted molar refractivity (Wildman–Crippen MR) is 61.7 cm³/mol. The van der Waals surface area contributed by atoms with Crippen molar-refractivity contribution < 1.29 is 0 Å². The Kier molecular flexibility index (Phi) is 4.56. The van der Waals surface area contributed by atoms with Crippen molar-refractivity contribution in [3.8, 4) is 6.07 Å². The number of nitrogens with zero attached hydrogens (tertiary/aromatic N) is 5. The predicted octanol–water partition coefficient (Wildman–Crippen LogP) is 1.26. The lowest BCUT2D eigenvalue weighted by Crippen LogP contribution is -2.46. The molecule has 0 saturated carbocycles. The van der Waals surface area contributed by atoms with Gasteiger partial charge in [0.2, 0.25) is 0 Å². The second-order valence-electron chi connectivity index (χ2n) is 4.40. The average molecular weight is 222 g/mol. The Morgan fingerprint density at radius 3 is 3.00 bits per heavy atom. The van der Waals surface area contributed by atoms with E-state index in [2.05, 4.69) is 33.2 Å². The maximum Gasteiger partial charge on any atom is 0.121 e. The van der Waals surface area contributed by atoms with E-state index in [0.717, 1.165) is 19.4 Å². The molecule has 1 aliphatic rings. The monoisotopic (exact) mass is 222 g/mol. The number of nitrogens with one attached hydrogen (secondary N) is 1. The first-order valence-corrected chi connectivity index (χ1v) is 5.51. The van der Waals surface area contributed by atoms with E-state index in [1.54, 1.807) is 0 Å². The molecule has 1 aliphatic heterocycles. The molecule has 0 radical (unpaired) electrons. The van der Waals surface area contributed by atoms with Gasteiger partial charge < -0.3 is 4.90 Å². The molecule has 0 aromatic rings. The second kappa shape index (κ2) is 5.71. The van der Waals surface area contributed by atoms with E-state index >= 15 is 0 Å². The number of likely N-dealkylation sites (tertiary alicyclic amines) is 1. The van der Waals surface area contributed by atoms with E-state index < -0.39 is 5.54 Å². The summed E-state index contributed by atoms with van der Waals surface area (Å²) in [6.07, 6.45) is 1.62. The molecule has 1 heterocycles. The molecule has 88 valence electrons. The topological polar surface area (TPSA) is 87.8 Å². The Morgan fingerprint density at radius 1 is 1.75 bits per heavy atom. The van der Waals surface area contributed by atoms with Crippen molar-refractivity contribution in [3.05, 3.63) is 10.4 Å². The molecule has 0 aromatic carbocycles. The summed E-state index contributed by atoms with van der Waals surface area (Å²) in [4.78, 5) is 4.87. The molecule has 6 heteroatoms. The third-order valence-electron chi connectivity index (χ3n) is 3.09. The average Bonchev–Trinajstić information content (AvgIpc) is 2.55. The van der Waals surface area contributed by atoms with Crippen LogP contribution in [-0.2, 0) is 0 Å². The largest absolute Gasteiger partial charge is 0.301 e. The lowest BCUT2D eigenvalue weighted by atomic mass is 9.98. The summed E-state index contributed by atoms with van der Waals surface area (Å²) in [7, 11) is 2.03. The Morgan fingerprint density at radius 2 is 2.50 bits per heavy atom. The van der Waals surface area contributed by atoms with Crippen LogP contribution in [0.3, 0.4) is 0 Å². The van der Waals surface area contributed by atoms with Crippen LogP contribution < -0.4 is 5.32 Å². The molecule has 16 heavy (non-hydrogen) atoms. The van der Waals surface area contributed by atoms with Crippen LogP contribution in [0.1, 0.15) is 19.8 Å². The fourth-order valence-corrected chi connectivity index (χ4v) is 2.08. The third kappa shape index (κ3) is 3.11. The molecule has 0 amide bonds. The minimum atomic E-state index is -0.426. The van der Waals surface area contributed by atoms with E-state index in [1.807, 2.05) is 7.05 Å². The SMILES string of the molecule is CC1CC(C#N)(NCCCN=[N+]=[N-])CN1C. The Hall–Kier alpha value is -1.28. The van der Waals surface area contributed by atoms with Gasteiger partial charge in [0, 0.05) is 24.0 Å². The first kappa shape index (κ1) is 12.8. The number of rotatable bonds is 5. The molecule has 6 nitrogen and oxygen atoms in total. The van der Waals surface area contributed by atoms with Crippen LogP contribution in [0.5, 0.6) is 0 Å². The normalized spacial score (nSPS) is 29.7. The fourth-order valence-electron chi connectivity index (χ4n) is 2.08. The van der Waals surface area contributed by atoms with Gasteiger partial charge in [-0.05, 0) is 38.9 Å². The summed E-state index contributed by atoms with van der Waals surface area (Å²) in [5.41, 5.74) is 7.70. The lowest BCUT2D eigenvalue weighted by Gasteiger charge is -2.22. The smallest absolute Gasteiger partial charge is 0.121 e. The highest BCUT2D eigenvalue weighted by molar-refractivity contribution is 5.14. The molecule has 0 bridgehead atoms. The minimum Gasteiger partial charge on any atom is -0.301 e. The van der Waals surface area contributed by atoms with E-state index in [4.69, 9.17) is 5.53 Å². The van der Waals surface area contributed by atoms with Gasteiger partial charge in [0.25, 0.3) is 0 Å². The highest BCUT2D eigenvalue weighted by Crippen LogP contribution is 2.24. The van der Waals surface area contributed by atoms with Crippen molar-refractivity contribution in [2.45, 2.75) is 31.3 Å². The number of azide groups is 1. The van der Waals surface area contributed by atoms with Crippen LogP contribution in [0.4, 0.5) is 0 Å². The van der Waals surface area contributed by atoms with Gasteiger partial charge in [-0.1, -0.05) is 5.11 Å². The van der Waals surface area contributed by atoms with Gasteiger partial charge in [-0.25, -0.2) is 0 Å². The molecule has 1 saturated heterocycles. The summed E-state index contributed by atoms with van der Waals surface area (Å²) in [5.74, 6) is 0. The molecule has 0 spiro atoms. The Balaban J connectivity index is 2.38. The number of hydrogen-bond acceptors (Lipinski definition) is 4. The maximum absolute atomic E-state index is 9.23. The summed E-state index contributed by atoms with van der Waals surface area (Å²) in [6, 6.07) is 2.81. The fraction of sp³-hybridized carbons (Fsp3) is 0.900. The molecule has 1 fully saturated rings. The molecular formula is C10H18N6. The molecule has 0 aromatic heterocycles. The van der Waals surface area contributed by atoms with Gasteiger partial charge in [0.1, 0.15) is 5.54 Å². The number of hydrogen-bond donors (Lipinski definition) is 1. The standard InChI is InChI=1S/C10H18N6/c1-9-6-10(7-11,8-16(9)2)13-4-3-5-14-15-12/h9,13H,3-6,8H2,1-2H3. The zero-order valence-electron chi connectivity index (χ0n) is 9.85. The molecule has 2 atom stereocenters. The third-order valence-corrected chi connectivity index (χ3v) is 3.09. The highest BCUT2D eigenvalue weighted by atomic mass is 15.2. The minimum absolute atomic E-state index is 0.426. The van der Waals surface area contributed by atoms with Crippen LogP contribution in [0.2, 0.25) is 0 Å². The number of likely N-dealkylation sites (N-methyl/N-ethyl adjacent to an activating group) is 1. The van der Waals surface area contributed by atoms with E-state index in [0.29, 0.717) is 19.1 Å². The van der Waals surface area contributed by atoms with Crippen LogP contribution >= 0.6 is 0 Å². The van der Waals surface area contributed by atoms with E-state index in [1.165, 1.54) is 0 Å². The van der Waals surface area contributed by atoms with Crippen LogP contribution in [0.25, 0.3) is 10.4 Å². The van der Waals surface area contributed by atoms with Gasteiger partial charge in [0.05, 0.1) is 6.07 Å². The summed E-state index contributed by atoms with van der Waals surface area (Å²) in [6.45, 7) is 4.08. The van der Waals surface area contributed by atoms with Crippen molar-refractivity contribution in [1.29, 1.82) is 5.26 Å². The van der Waals surface area contributed by atoms with E-state index in [-0.39, 0.29) is 0 Å². The van der Waals surface area contributed by atoms with Gasteiger partial charge in [0.15, 0.2) is 0 Å². The maximum atomic E-state index is 9.23. The molecule has 2 unspecified atom stereocenters. The Bertz CT molecular complexity index is 304. The molecule has 1 N–H and O–H groups in total. The van der Waals surface area contributed by atoms with Gasteiger partial charge in [-0.15, -0.1) is 0 Å². The quantitative estimate of drug-likeness (QED) is 0.329. The van der Waals surface area contributed by atoms with Crippen molar-refractivity contribution in [3.63, 3.8) is 0 Å². The van der Waals surface area contributed by atoms with Crippen LogP contribution in [0.15, 0.2) is 5.11 Å². The summed E-state index contributed by atoms with van der Waals surface area (Å²) >= 11 is 0. The van der Waals surface area contributed by atoms with Gasteiger partial charge in [-0.2, -0.15) is 5.26 Å². The van der Waals surface area contributed by atoms with Gasteiger partial charge in [-0.3, -0.25) is 5.32 Å². The molecule has 1 rings (SSSR count). The summed E-state index contributed by atoms with van der Waals surface area (Å²) < 4.78 is 0. The second-order valence-corrected chi connectivity index (χ2v) is 4.40. The first-order valence-electron chi connectivity index (χ1n) is 5.51. The van der Waals surface area contributed by atoms with Gasteiger partial charge >= 0.3 is 0 Å². The highest BCUT2D eigenvalue weighted by Gasteiger charge is 2.40. The Labute approximate surface area is 95.9 Å². The zero-order valence-corrected chi connectivity index (χ0v) is 9.85.